The molecule has 2 heterocycles. The maximum atomic E-state index is 14.8. The Morgan fingerprint density at radius 3 is 2.90 bits per heavy atom. The molecule has 1 fully saturated rings. The third kappa shape index (κ3) is 4.69. The van der Waals surface area contributed by atoms with Crippen molar-refractivity contribution in [2.24, 2.45) is 11.8 Å². The van der Waals surface area contributed by atoms with Gasteiger partial charge in [0.15, 0.2) is 0 Å². The fourth-order valence-corrected chi connectivity index (χ4v) is 5.04. The summed E-state index contributed by atoms with van der Waals surface area (Å²) < 4.78 is 21.4. The molecule has 1 aliphatic carbocycles. The number of benzene rings is 1. The number of rotatable bonds is 6. The second-order valence-corrected chi connectivity index (χ2v) is 9.10. The second kappa shape index (κ2) is 9.17. The highest BCUT2D eigenvalue weighted by Gasteiger charge is 2.44. The van der Waals surface area contributed by atoms with Crippen LogP contribution in [0, 0.1) is 17.7 Å². The van der Waals surface area contributed by atoms with Gasteiger partial charge >= 0.3 is 0 Å². The van der Waals surface area contributed by atoms with Gasteiger partial charge in [0.1, 0.15) is 5.82 Å². The zero-order valence-electron chi connectivity index (χ0n) is 17.2. The molecule has 4 nitrogen and oxygen atoms in total. The molecule has 1 unspecified atom stereocenters. The van der Waals surface area contributed by atoms with E-state index in [0.29, 0.717) is 22.5 Å². The zero-order valence-corrected chi connectivity index (χ0v) is 18.0. The van der Waals surface area contributed by atoms with E-state index >= 15 is 0 Å². The largest absolute Gasteiger partial charge is 0.379 e. The van der Waals surface area contributed by atoms with Gasteiger partial charge in [0.25, 0.3) is 0 Å². The van der Waals surface area contributed by atoms with Crippen LogP contribution in [0.5, 0.6) is 0 Å². The topological polar surface area (TPSA) is 36.5 Å². The van der Waals surface area contributed by atoms with Crippen LogP contribution in [0.15, 0.2) is 36.4 Å². The van der Waals surface area contributed by atoms with Crippen molar-refractivity contribution in [2.45, 2.75) is 37.5 Å². The van der Waals surface area contributed by atoms with Crippen molar-refractivity contribution in [1.29, 1.82) is 0 Å². The number of nitrogens with zero attached hydrogens (tertiary/aromatic N) is 1. The predicted octanol–water partition coefficient (Wildman–Crippen LogP) is 4.39. The molecular formula is C23H31ClFN3O. The van der Waals surface area contributed by atoms with Crippen molar-refractivity contribution >= 4 is 17.3 Å². The lowest BCUT2D eigenvalue weighted by molar-refractivity contribution is -0.0940. The Hall–Kier alpha value is -1.40. The molecule has 5 atom stereocenters. The van der Waals surface area contributed by atoms with Crippen molar-refractivity contribution < 1.29 is 9.13 Å². The summed E-state index contributed by atoms with van der Waals surface area (Å²) >= 11 is 6.21. The Bertz CT molecular complexity index is 782. The SMILES string of the molecule is CN(C)CCNC[C@H]1CC[C@@H]2[C@H](O1)c1cc(Cl)cc(F)c1N[C@H]2C1C=CC=CC1. The van der Waals surface area contributed by atoms with E-state index in [1.165, 1.54) is 6.07 Å². The highest BCUT2D eigenvalue weighted by molar-refractivity contribution is 6.30. The summed E-state index contributed by atoms with van der Waals surface area (Å²) in [6, 6.07) is 3.43. The Kier molecular flexibility index (Phi) is 6.60. The molecule has 0 radical (unpaired) electrons. The van der Waals surface area contributed by atoms with Crippen LogP contribution in [0.25, 0.3) is 0 Å². The van der Waals surface area contributed by atoms with Crippen LogP contribution in [0.2, 0.25) is 5.02 Å². The van der Waals surface area contributed by atoms with E-state index in [2.05, 4.69) is 53.9 Å². The first-order valence-electron chi connectivity index (χ1n) is 10.6. The monoisotopic (exact) mass is 419 g/mol. The smallest absolute Gasteiger partial charge is 0.148 e. The number of anilines is 1. The number of ether oxygens (including phenoxy) is 1. The lowest BCUT2D eigenvalue weighted by Crippen LogP contribution is -2.48. The molecule has 158 valence electrons. The summed E-state index contributed by atoms with van der Waals surface area (Å²) in [6.07, 6.45) is 11.7. The third-order valence-electron chi connectivity index (χ3n) is 6.30. The zero-order chi connectivity index (χ0) is 20.4. The summed E-state index contributed by atoms with van der Waals surface area (Å²) in [6.45, 7) is 2.75. The van der Waals surface area contributed by atoms with Gasteiger partial charge < -0.3 is 20.3 Å². The fourth-order valence-electron chi connectivity index (χ4n) is 4.83. The number of fused-ring (bicyclic) bond motifs is 3. The van der Waals surface area contributed by atoms with Crippen molar-refractivity contribution in [1.82, 2.24) is 10.2 Å². The van der Waals surface area contributed by atoms with Gasteiger partial charge in [-0.1, -0.05) is 35.9 Å². The predicted molar refractivity (Wildman–Crippen MR) is 117 cm³/mol. The third-order valence-corrected chi connectivity index (χ3v) is 6.52. The Balaban J connectivity index is 1.54. The number of hydrogen-bond acceptors (Lipinski definition) is 4. The molecule has 3 aliphatic rings. The van der Waals surface area contributed by atoms with E-state index in [1.54, 1.807) is 0 Å². The summed E-state index contributed by atoms with van der Waals surface area (Å²) in [4.78, 5) is 2.16. The van der Waals surface area contributed by atoms with Crippen molar-refractivity contribution in [2.75, 3.05) is 39.0 Å². The molecule has 2 aliphatic heterocycles. The molecule has 1 saturated heterocycles. The van der Waals surface area contributed by atoms with Crippen LogP contribution in [-0.4, -0.2) is 50.8 Å². The van der Waals surface area contributed by atoms with Crippen LogP contribution in [-0.2, 0) is 4.74 Å². The summed E-state index contributed by atoms with van der Waals surface area (Å²) in [5.41, 5.74) is 1.43. The molecule has 6 heteroatoms. The average molecular weight is 420 g/mol. The normalized spacial score (nSPS) is 30.7. The average Bonchev–Trinajstić information content (AvgIpc) is 2.71. The van der Waals surface area contributed by atoms with E-state index < -0.39 is 0 Å². The molecule has 0 aromatic heterocycles. The molecule has 4 rings (SSSR count). The van der Waals surface area contributed by atoms with Crippen LogP contribution in [0.3, 0.4) is 0 Å². The molecule has 1 aromatic carbocycles. The molecule has 0 saturated carbocycles. The highest BCUT2D eigenvalue weighted by atomic mass is 35.5. The van der Waals surface area contributed by atoms with E-state index in [1.807, 2.05) is 6.07 Å². The second-order valence-electron chi connectivity index (χ2n) is 8.66. The minimum atomic E-state index is -0.291. The Labute approximate surface area is 178 Å². The molecule has 0 amide bonds. The van der Waals surface area contributed by atoms with Gasteiger partial charge in [0, 0.05) is 48.1 Å². The van der Waals surface area contributed by atoms with Crippen molar-refractivity contribution in [3.8, 4) is 0 Å². The minimum Gasteiger partial charge on any atom is -0.379 e. The first-order valence-corrected chi connectivity index (χ1v) is 11.0. The first-order chi connectivity index (χ1) is 14.0. The highest BCUT2D eigenvalue weighted by Crippen LogP contribution is 2.49. The van der Waals surface area contributed by atoms with Crippen LogP contribution in [0.4, 0.5) is 10.1 Å². The number of hydrogen-bond donors (Lipinski definition) is 2. The summed E-state index contributed by atoms with van der Waals surface area (Å²) in [5.74, 6) is 0.356. The first kappa shape index (κ1) is 20.9. The molecule has 29 heavy (non-hydrogen) atoms. The van der Waals surface area contributed by atoms with Gasteiger partial charge in [-0.05, 0) is 45.5 Å². The van der Waals surface area contributed by atoms with Gasteiger partial charge in [0.05, 0.1) is 17.9 Å². The molecule has 2 N–H and O–H groups in total. The summed E-state index contributed by atoms with van der Waals surface area (Å²) in [5, 5.41) is 7.45. The maximum Gasteiger partial charge on any atom is 0.148 e. The Morgan fingerprint density at radius 2 is 2.14 bits per heavy atom. The quantitative estimate of drug-likeness (QED) is 0.670. The minimum absolute atomic E-state index is 0.127. The van der Waals surface area contributed by atoms with Gasteiger partial charge in [0.2, 0.25) is 0 Å². The lowest BCUT2D eigenvalue weighted by atomic mass is 9.73. The van der Waals surface area contributed by atoms with Crippen molar-refractivity contribution in [3.05, 3.63) is 52.8 Å². The van der Waals surface area contributed by atoms with E-state index in [-0.39, 0.29) is 24.1 Å². The molecular weight excluding hydrogens is 389 g/mol. The number of allylic oxidation sites excluding steroid dienone is 3. The van der Waals surface area contributed by atoms with Crippen LogP contribution < -0.4 is 10.6 Å². The molecule has 0 spiro atoms. The molecule has 0 bridgehead atoms. The van der Waals surface area contributed by atoms with Gasteiger partial charge in [-0.3, -0.25) is 0 Å². The Morgan fingerprint density at radius 1 is 1.28 bits per heavy atom. The lowest BCUT2D eigenvalue weighted by Gasteiger charge is -2.47. The van der Waals surface area contributed by atoms with E-state index in [9.17, 15) is 4.39 Å². The van der Waals surface area contributed by atoms with Crippen molar-refractivity contribution in [3.63, 3.8) is 0 Å². The van der Waals surface area contributed by atoms with E-state index in [0.717, 1.165) is 44.5 Å². The number of nitrogens with one attached hydrogen (secondary N) is 2. The number of likely N-dealkylation sites (N-methyl/N-ethyl adjacent to an activating group) is 1. The van der Waals surface area contributed by atoms with Crippen LogP contribution >= 0.6 is 11.6 Å². The van der Waals surface area contributed by atoms with Gasteiger partial charge in [-0.15, -0.1) is 0 Å². The van der Waals surface area contributed by atoms with Crippen LogP contribution in [0.1, 0.15) is 30.9 Å². The maximum absolute atomic E-state index is 14.8. The molecule has 1 aromatic rings. The van der Waals surface area contributed by atoms with E-state index in [4.69, 9.17) is 16.3 Å². The fraction of sp³-hybridized carbons (Fsp3) is 0.565. The summed E-state index contributed by atoms with van der Waals surface area (Å²) in [7, 11) is 4.14. The number of halogens is 2. The standard InChI is InChI=1S/C23H31ClFN3O/c1-28(2)11-10-26-14-17-8-9-18-21(15-6-4-3-5-7-15)27-22-19(23(18)29-17)12-16(24)13-20(22)25/h3-6,12-13,15,17-18,21,23,26-27H,7-11,14H2,1-2H3/t15?,17-,18+,21+,23+/m1/s1. The van der Waals surface area contributed by atoms with Gasteiger partial charge in [-0.2, -0.15) is 0 Å². The van der Waals surface area contributed by atoms with Gasteiger partial charge in [-0.25, -0.2) is 4.39 Å².